The van der Waals surface area contributed by atoms with Crippen LogP contribution in [-0.4, -0.2) is 40.7 Å². The van der Waals surface area contributed by atoms with Crippen LogP contribution in [0.4, 0.5) is 5.69 Å². The SMILES string of the molecule is COc1cc2c(c3[nH]c4cc5ccccc5cc4c(=O)c13)C(OC(C)=O)C(OC(=O)/C=C/c1ccc([N+](=O)[O-])cc1)C(C)(C)O2. The Balaban J connectivity index is 1.48. The number of hydrogen-bond acceptors (Lipinski definition) is 9. The van der Waals surface area contributed by atoms with Crippen molar-refractivity contribution in [1.82, 2.24) is 4.98 Å². The van der Waals surface area contributed by atoms with Crippen LogP contribution in [0.2, 0.25) is 0 Å². The zero-order valence-electron chi connectivity index (χ0n) is 24.8. The van der Waals surface area contributed by atoms with Gasteiger partial charge in [-0.2, -0.15) is 0 Å². The van der Waals surface area contributed by atoms with Crippen molar-refractivity contribution in [1.29, 1.82) is 0 Å². The fraction of sp³-hybridized carbons (Fsp3) is 0.206. The summed E-state index contributed by atoms with van der Waals surface area (Å²) in [6.07, 6.45) is 0.311. The Bertz CT molecular complexity index is 2110. The first kappa shape index (κ1) is 29.4. The van der Waals surface area contributed by atoms with Crippen molar-refractivity contribution in [3.8, 4) is 11.5 Å². The Morgan fingerprint density at radius 1 is 1.02 bits per heavy atom. The van der Waals surface area contributed by atoms with Crippen molar-refractivity contribution in [2.75, 3.05) is 7.11 Å². The number of methoxy groups -OCH3 is 1. The Labute approximate surface area is 256 Å². The lowest BCUT2D eigenvalue weighted by Gasteiger charge is -2.43. The Hall–Kier alpha value is -5.71. The maximum Gasteiger partial charge on any atom is 0.331 e. The molecule has 45 heavy (non-hydrogen) atoms. The predicted molar refractivity (Wildman–Crippen MR) is 167 cm³/mol. The molecular formula is C34H28N2O9. The van der Waals surface area contributed by atoms with E-state index in [2.05, 4.69) is 4.98 Å². The van der Waals surface area contributed by atoms with Gasteiger partial charge < -0.3 is 23.9 Å². The largest absolute Gasteiger partial charge is 0.496 e. The van der Waals surface area contributed by atoms with Gasteiger partial charge in [0, 0.05) is 36.6 Å². The number of rotatable bonds is 6. The molecular weight excluding hydrogens is 580 g/mol. The quantitative estimate of drug-likeness (QED) is 0.0788. The number of carbonyl (C=O) groups is 2. The van der Waals surface area contributed by atoms with E-state index >= 15 is 0 Å². The van der Waals surface area contributed by atoms with E-state index in [-0.39, 0.29) is 22.3 Å². The fourth-order valence-electron chi connectivity index (χ4n) is 5.73. The summed E-state index contributed by atoms with van der Waals surface area (Å²) in [5.74, 6) is -0.845. The second-order valence-corrected chi connectivity index (χ2v) is 11.2. The van der Waals surface area contributed by atoms with E-state index in [0.29, 0.717) is 33.3 Å². The maximum atomic E-state index is 14.0. The third-order valence-corrected chi connectivity index (χ3v) is 7.80. The number of fused-ring (bicyclic) bond motifs is 5. The third kappa shape index (κ3) is 5.33. The number of nitrogens with zero attached hydrogens (tertiary/aromatic N) is 1. The molecule has 1 aliphatic heterocycles. The van der Waals surface area contributed by atoms with Crippen molar-refractivity contribution in [3.63, 3.8) is 0 Å². The highest BCUT2D eigenvalue weighted by molar-refractivity contribution is 6.03. The van der Waals surface area contributed by atoms with E-state index in [9.17, 15) is 24.5 Å². The molecule has 0 saturated carbocycles. The summed E-state index contributed by atoms with van der Waals surface area (Å²) in [5.41, 5.74) is 0.153. The highest BCUT2D eigenvalue weighted by Gasteiger charge is 2.50. The lowest BCUT2D eigenvalue weighted by atomic mass is 9.86. The summed E-state index contributed by atoms with van der Waals surface area (Å²) in [6.45, 7) is 4.62. The summed E-state index contributed by atoms with van der Waals surface area (Å²) >= 11 is 0. The van der Waals surface area contributed by atoms with Gasteiger partial charge >= 0.3 is 11.9 Å². The Morgan fingerprint density at radius 2 is 1.71 bits per heavy atom. The monoisotopic (exact) mass is 608 g/mol. The van der Waals surface area contributed by atoms with E-state index < -0.39 is 34.7 Å². The Morgan fingerprint density at radius 3 is 2.36 bits per heavy atom. The van der Waals surface area contributed by atoms with Crippen molar-refractivity contribution >= 4 is 56.3 Å². The van der Waals surface area contributed by atoms with Crippen LogP contribution in [0.25, 0.3) is 38.7 Å². The smallest absolute Gasteiger partial charge is 0.331 e. The highest BCUT2D eigenvalue weighted by atomic mass is 16.6. The van der Waals surface area contributed by atoms with E-state index in [4.69, 9.17) is 18.9 Å². The van der Waals surface area contributed by atoms with Crippen LogP contribution in [0, 0.1) is 10.1 Å². The molecule has 0 bridgehead atoms. The molecule has 4 aromatic carbocycles. The van der Waals surface area contributed by atoms with Crippen molar-refractivity contribution in [2.24, 2.45) is 0 Å². The number of aromatic nitrogens is 1. The topological polar surface area (TPSA) is 147 Å². The molecule has 0 fully saturated rings. The molecule has 2 heterocycles. The molecule has 5 aromatic rings. The molecule has 2 atom stereocenters. The molecule has 1 N–H and O–H groups in total. The van der Waals surface area contributed by atoms with Crippen LogP contribution in [0.5, 0.6) is 11.5 Å². The molecule has 0 aliphatic carbocycles. The number of pyridine rings is 1. The van der Waals surface area contributed by atoms with Gasteiger partial charge in [0.15, 0.2) is 12.2 Å². The Kier molecular flexibility index (Phi) is 7.24. The zero-order valence-corrected chi connectivity index (χ0v) is 24.8. The number of nitro benzene ring substituents is 1. The van der Waals surface area contributed by atoms with Gasteiger partial charge in [-0.05, 0) is 60.5 Å². The van der Waals surface area contributed by atoms with Crippen LogP contribution in [0.15, 0.2) is 77.6 Å². The van der Waals surface area contributed by atoms with Crippen molar-refractivity contribution < 1.29 is 33.5 Å². The number of carbonyl (C=O) groups excluding carboxylic acids is 2. The van der Waals surface area contributed by atoms with Gasteiger partial charge in [0.05, 0.1) is 34.0 Å². The summed E-state index contributed by atoms with van der Waals surface area (Å²) in [7, 11) is 1.45. The molecule has 1 aliphatic rings. The molecule has 1 aromatic heterocycles. The lowest BCUT2D eigenvalue weighted by molar-refractivity contribution is -0.384. The van der Waals surface area contributed by atoms with Crippen LogP contribution in [0.1, 0.15) is 38.0 Å². The van der Waals surface area contributed by atoms with E-state index in [0.717, 1.165) is 10.8 Å². The zero-order chi connectivity index (χ0) is 32.0. The minimum atomic E-state index is -1.20. The van der Waals surface area contributed by atoms with Gasteiger partial charge in [-0.25, -0.2) is 4.79 Å². The summed E-state index contributed by atoms with van der Waals surface area (Å²) in [4.78, 5) is 53.4. The normalized spacial score (nSPS) is 17.2. The number of aromatic amines is 1. The number of H-pyrrole nitrogens is 1. The van der Waals surface area contributed by atoms with Crippen molar-refractivity contribution in [2.45, 2.75) is 38.6 Å². The first-order chi connectivity index (χ1) is 21.5. The molecule has 11 nitrogen and oxygen atoms in total. The first-order valence-corrected chi connectivity index (χ1v) is 14.1. The number of nitro groups is 1. The first-order valence-electron chi connectivity index (χ1n) is 14.1. The second-order valence-electron chi connectivity index (χ2n) is 11.2. The van der Waals surface area contributed by atoms with Gasteiger partial charge in [0.1, 0.15) is 17.1 Å². The standard InChI is InChI=1S/C34H28N2O9/c1-18(37)43-32-29-26(45-34(2,3)33(32)44-27(38)14-11-19-9-12-22(13-10-19)36(40)41)17-25(42-4)28-30(29)35-24-16-21-8-6-5-7-20(21)15-23(24)31(28)39/h5-17,32-33H,1-4H3,(H,35,39)/b14-11+. The molecule has 2 unspecified atom stereocenters. The van der Waals surface area contributed by atoms with Gasteiger partial charge in [-0.15, -0.1) is 0 Å². The minimum absolute atomic E-state index is 0.0819. The molecule has 0 radical (unpaired) electrons. The van der Waals surface area contributed by atoms with Crippen LogP contribution >= 0.6 is 0 Å². The van der Waals surface area contributed by atoms with Crippen LogP contribution < -0.4 is 14.9 Å². The molecule has 228 valence electrons. The van der Waals surface area contributed by atoms with Gasteiger partial charge in [0.2, 0.25) is 5.43 Å². The molecule has 0 spiro atoms. The molecule has 6 rings (SSSR count). The van der Waals surface area contributed by atoms with Gasteiger partial charge in [-0.1, -0.05) is 24.3 Å². The average Bonchev–Trinajstić information content (AvgIpc) is 3.00. The van der Waals surface area contributed by atoms with Crippen LogP contribution in [-0.2, 0) is 19.1 Å². The number of nitrogens with one attached hydrogen (secondary N) is 1. The number of benzene rings is 4. The van der Waals surface area contributed by atoms with Gasteiger partial charge in [-0.3, -0.25) is 19.7 Å². The number of ether oxygens (including phenoxy) is 4. The minimum Gasteiger partial charge on any atom is -0.496 e. The summed E-state index contributed by atoms with van der Waals surface area (Å²) < 4.78 is 23.7. The van der Waals surface area contributed by atoms with E-state index in [1.165, 1.54) is 50.5 Å². The van der Waals surface area contributed by atoms with Crippen LogP contribution in [0.3, 0.4) is 0 Å². The predicted octanol–water partition coefficient (Wildman–Crippen LogP) is 6.15. The lowest BCUT2D eigenvalue weighted by Crippen LogP contribution is -2.52. The average molecular weight is 609 g/mol. The maximum absolute atomic E-state index is 14.0. The van der Waals surface area contributed by atoms with Gasteiger partial charge in [0.25, 0.3) is 5.69 Å². The van der Waals surface area contributed by atoms with E-state index in [1.54, 1.807) is 19.9 Å². The fourth-order valence-corrected chi connectivity index (χ4v) is 5.73. The summed E-state index contributed by atoms with van der Waals surface area (Å²) in [5, 5.41) is 13.4. The third-order valence-electron chi connectivity index (χ3n) is 7.80. The van der Waals surface area contributed by atoms with Crippen molar-refractivity contribution in [3.05, 3.63) is 104 Å². The van der Waals surface area contributed by atoms with E-state index in [1.807, 2.05) is 36.4 Å². The second kappa shape index (κ2) is 11.1. The molecule has 0 saturated heterocycles. The number of esters is 2. The number of non-ortho nitro benzene ring substituents is 1. The summed E-state index contributed by atoms with van der Waals surface area (Å²) in [6, 6.07) is 18.5. The molecule has 11 heteroatoms. The highest BCUT2D eigenvalue weighted by Crippen LogP contribution is 2.48. The molecule has 0 amide bonds. The number of hydrogen-bond donors (Lipinski definition) is 1.